The topological polar surface area (TPSA) is 22.0 Å². The molecule has 0 aliphatic rings. The van der Waals surface area contributed by atoms with E-state index < -0.39 is 0 Å². The predicted molar refractivity (Wildman–Crippen MR) is 64.7 cm³/mol. The number of benzene rings is 1. The molecule has 1 aromatic carbocycles. The van der Waals surface area contributed by atoms with Gasteiger partial charge in [0.2, 0.25) is 0 Å². The van der Waals surface area contributed by atoms with E-state index in [0.717, 1.165) is 10.2 Å². The smallest absolute Gasteiger partial charge is 0.255 e. The lowest BCUT2D eigenvalue weighted by atomic mass is 10.3. The third-order valence-corrected chi connectivity index (χ3v) is 3.24. The molecule has 2 aromatic rings. The highest BCUT2D eigenvalue weighted by Gasteiger charge is 2.01. The monoisotopic (exact) mass is 283 g/mol. The van der Waals surface area contributed by atoms with Gasteiger partial charge in [-0.25, -0.2) is 0 Å². The van der Waals surface area contributed by atoms with Crippen LogP contribution in [0.1, 0.15) is 0 Å². The largest absolute Gasteiger partial charge is 0.284 e. The minimum Gasteiger partial charge on any atom is -0.284 e. The molecule has 0 aliphatic heterocycles. The molecular weight excluding hydrogens is 277 g/mol. The second-order valence-corrected chi connectivity index (χ2v) is 4.27. The minimum atomic E-state index is -0.0733. The van der Waals surface area contributed by atoms with E-state index in [1.54, 1.807) is 29.0 Å². The van der Waals surface area contributed by atoms with Crippen molar-refractivity contribution >= 4 is 27.5 Å². The number of hydrogen-bond acceptors (Lipinski definition) is 1. The molecule has 0 N–H and O–H groups in total. The van der Waals surface area contributed by atoms with Gasteiger partial charge in [-0.15, -0.1) is 0 Å². The van der Waals surface area contributed by atoms with Crippen molar-refractivity contribution in [3.63, 3.8) is 0 Å². The van der Waals surface area contributed by atoms with Gasteiger partial charge in [0.05, 0.1) is 10.7 Å². The van der Waals surface area contributed by atoms with Gasteiger partial charge in [0.1, 0.15) is 0 Å². The van der Waals surface area contributed by atoms with Crippen LogP contribution in [0.4, 0.5) is 0 Å². The summed E-state index contributed by atoms with van der Waals surface area (Å²) in [5.74, 6) is 0. The molecule has 0 saturated heterocycles. The van der Waals surface area contributed by atoms with Crippen molar-refractivity contribution < 1.29 is 0 Å². The van der Waals surface area contributed by atoms with Crippen LogP contribution >= 0.6 is 27.5 Å². The van der Waals surface area contributed by atoms with Crippen LogP contribution < -0.4 is 5.56 Å². The maximum absolute atomic E-state index is 11.5. The van der Waals surface area contributed by atoms with Crippen molar-refractivity contribution in [2.24, 2.45) is 0 Å². The van der Waals surface area contributed by atoms with Gasteiger partial charge in [-0.05, 0) is 40.2 Å². The maximum Gasteiger partial charge on any atom is 0.255 e. The van der Waals surface area contributed by atoms with Crippen molar-refractivity contribution in [1.82, 2.24) is 4.57 Å². The van der Waals surface area contributed by atoms with Gasteiger partial charge in [-0.2, -0.15) is 0 Å². The third-order valence-electron chi connectivity index (χ3n) is 2.00. The first-order valence-electron chi connectivity index (χ1n) is 4.31. The molecule has 0 amide bonds. The fourth-order valence-electron chi connectivity index (χ4n) is 1.28. The standard InChI is InChI=1S/C11H7BrClNO/c12-9-5-4-8(7-10(9)13)14-6-2-1-3-11(14)15/h1-7H. The Hall–Kier alpha value is -1.06. The number of nitrogens with zero attached hydrogens (tertiary/aromatic N) is 1. The van der Waals surface area contributed by atoms with Crippen LogP contribution in [0.3, 0.4) is 0 Å². The van der Waals surface area contributed by atoms with E-state index in [1.807, 2.05) is 12.1 Å². The summed E-state index contributed by atoms with van der Waals surface area (Å²) in [7, 11) is 0. The van der Waals surface area contributed by atoms with Crippen LogP contribution in [-0.4, -0.2) is 4.57 Å². The maximum atomic E-state index is 11.5. The van der Waals surface area contributed by atoms with E-state index in [0.29, 0.717) is 5.02 Å². The minimum absolute atomic E-state index is 0.0733. The normalized spacial score (nSPS) is 10.3. The molecule has 0 bridgehead atoms. The summed E-state index contributed by atoms with van der Waals surface area (Å²) in [5, 5.41) is 0.586. The Morgan fingerprint density at radius 1 is 1.20 bits per heavy atom. The van der Waals surface area contributed by atoms with E-state index in [-0.39, 0.29) is 5.56 Å². The van der Waals surface area contributed by atoms with Gasteiger partial charge in [0.15, 0.2) is 0 Å². The second kappa shape index (κ2) is 4.21. The Balaban J connectivity index is 2.60. The van der Waals surface area contributed by atoms with E-state index >= 15 is 0 Å². The highest BCUT2D eigenvalue weighted by Crippen LogP contribution is 2.24. The number of halogens is 2. The zero-order valence-corrected chi connectivity index (χ0v) is 9.99. The molecule has 0 atom stereocenters. The Morgan fingerprint density at radius 3 is 2.67 bits per heavy atom. The van der Waals surface area contributed by atoms with Gasteiger partial charge in [-0.1, -0.05) is 17.7 Å². The van der Waals surface area contributed by atoms with E-state index in [1.165, 1.54) is 6.07 Å². The van der Waals surface area contributed by atoms with Crippen LogP contribution in [0, 0.1) is 0 Å². The molecule has 1 aromatic heterocycles. The van der Waals surface area contributed by atoms with Crippen LogP contribution in [-0.2, 0) is 0 Å². The molecule has 0 unspecified atom stereocenters. The van der Waals surface area contributed by atoms with Gasteiger partial charge in [-0.3, -0.25) is 9.36 Å². The Morgan fingerprint density at radius 2 is 2.00 bits per heavy atom. The summed E-state index contributed by atoms with van der Waals surface area (Å²) >= 11 is 9.25. The molecule has 0 spiro atoms. The van der Waals surface area contributed by atoms with Crippen molar-refractivity contribution in [2.45, 2.75) is 0 Å². The van der Waals surface area contributed by atoms with E-state index in [4.69, 9.17) is 11.6 Å². The van der Waals surface area contributed by atoms with Crippen LogP contribution in [0.15, 0.2) is 51.9 Å². The molecule has 4 heteroatoms. The lowest BCUT2D eigenvalue weighted by Crippen LogP contribution is -2.15. The molecule has 0 fully saturated rings. The molecule has 76 valence electrons. The second-order valence-electron chi connectivity index (χ2n) is 3.01. The summed E-state index contributed by atoms with van der Waals surface area (Å²) in [6.45, 7) is 0. The first kappa shape index (κ1) is 10.5. The van der Waals surface area contributed by atoms with E-state index in [9.17, 15) is 4.79 Å². The Kier molecular flexibility index (Phi) is 2.93. The van der Waals surface area contributed by atoms with Crippen LogP contribution in [0.25, 0.3) is 5.69 Å². The molecule has 2 rings (SSSR count). The zero-order chi connectivity index (χ0) is 10.8. The molecule has 0 radical (unpaired) electrons. The fourth-order valence-corrected chi connectivity index (χ4v) is 1.70. The average Bonchev–Trinajstić information content (AvgIpc) is 2.23. The van der Waals surface area contributed by atoms with Crippen molar-refractivity contribution in [3.05, 3.63) is 62.4 Å². The zero-order valence-electron chi connectivity index (χ0n) is 7.65. The first-order chi connectivity index (χ1) is 7.18. The average molecular weight is 285 g/mol. The molecular formula is C11H7BrClNO. The Bertz CT molecular complexity index is 550. The number of aromatic nitrogens is 1. The summed E-state index contributed by atoms with van der Waals surface area (Å²) in [4.78, 5) is 11.5. The SMILES string of the molecule is O=c1ccccn1-c1ccc(Br)c(Cl)c1. The summed E-state index contributed by atoms with van der Waals surface area (Å²) < 4.78 is 2.36. The van der Waals surface area contributed by atoms with Gasteiger partial charge >= 0.3 is 0 Å². The predicted octanol–water partition coefficient (Wildman–Crippen LogP) is 3.25. The molecule has 1 heterocycles. The number of hydrogen-bond donors (Lipinski definition) is 0. The van der Waals surface area contributed by atoms with Crippen LogP contribution in [0.5, 0.6) is 0 Å². The molecule has 2 nitrogen and oxygen atoms in total. The first-order valence-corrected chi connectivity index (χ1v) is 5.49. The van der Waals surface area contributed by atoms with E-state index in [2.05, 4.69) is 15.9 Å². The quantitative estimate of drug-likeness (QED) is 0.788. The highest BCUT2D eigenvalue weighted by molar-refractivity contribution is 9.10. The van der Waals surface area contributed by atoms with Crippen molar-refractivity contribution in [1.29, 1.82) is 0 Å². The van der Waals surface area contributed by atoms with Gasteiger partial charge in [0, 0.05) is 16.7 Å². The Labute approximate surface area is 100 Å². The van der Waals surface area contributed by atoms with Crippen LogP contribution in [0.2, 0.25) is 5.02 Å². The molecule has 0 saturated carbocycles. The summed E-state index contributed by atoms with van der Waals surface area (Å²) in [6.07, 6.45) is 1.71. The van der Waals surface area contributed by atoms with Crippen molar-refractivity contribution in [3.8, 4) is 5.69 Å². The lowest BCUT2D eigenvalue weighted by Gasteiger charge is -2.05. The van der Waals surface area contributed by atoms with Gasteiger partial charge in [0.25, 0.3) is 5.56 Å². The fraction of sp³-hybridized carbons (Fsp3) is 0. The molecule has 0 aliphatic carbocycles. The number of pyridine rings is 1. The molecule has 15 heavy (non-hydrogen) atoms. The lowest BCUT2D eigenvalue weighted by molar-refractivity contribution is 0.990. The summed E-state index contributed by atoms with van der Waals surface area (Å²) in [6, 6.07) is 10.4. The van der Waals surface area contributed by atoms with Crippen molar-refractivity contribution in [2.75, 3.05) is 0 Å². The highest BCUT2D eigenvalue weighted by atomic mass is 79.9. The number of rotatable bonds is 1. The van der Waals surface area contributed by atoms with Gasteiger partial charge < -0.3 is 0 Å². The third kappa shape index (κ3) is 2.13. The summed E-state index contributed by atoms with van der Waals surface area (Å²) in [5.41, 5.74) is 0.685.